The van der Waals surface area contributed by atoms with Gasteiger partial charge in [-0.25, -0.2) is 0 Å². The summed E-state index contributed by atoms with van der Waals surface area (Å²) in [4.78, 5) is 0. The van der Waals surface area contributed by atoms with Crippen LogP contribution in [0.3, 0.4) is 0 Å². The Bertz CT molecular complexity index is 521. The van der Waals surface area contributed by atoms with E-state index in [1.165, 1.54) is 0 Å². The van der Waals surface area contributed by atoms with Crippen molar-refractivity contribution in [2.45, 2.75) is 6.92 Å². The van der Waals surface area contributed by atoms with Crippen molar-refractivity contribution in [2.75, 3.05) is 11.9 Å². The van der Waals surface area contributed by atoms with Crippen LogP contribution in [0.2, 0.25) is 0 Å². The average Bonchev–Trinajstić information content (AvgIpc) is 2.38. The van der Waals surface area contributed by atoms with Crippen molar-refractivity contribution in [2.24, 2.45) is 5.10 Å². The van der Waals surface area contributed by atoms with Gasteiger partial charge in [-0.1, -0.05) is 22.5 Å². The van der Waals surface area contributed by atoms with E-state index in [1.54, 1.807) is 0 Å². The van der Waals surface area contributed by atoms with Crippen LogP contribution in [-0.2, 0) is 0 Å². The number of ether oxygens (including phenoxy) is 1. The molecule has 1 aromatic carbocycles. The summed E-state index contributed by atoms with van der Waals surface area (Å²) in [6.07, 6.45) is 3.86. The molecule has 0 fully saturated rings. The van der Waals surface area contributed by atoms with Crippen LogP contribution in [0.15, 0.2) is 47.7 Å². The van der Waals surface area contributed by atoms with Crippen molar-refractivity contribution in [3.05, 3.63) is 53.8 Å². The molecule has 1 N–H and O–H groups in total. The van der Waals surface area contributed by atoms with Crippen molar-refractivity contribution in [3.8, 4) is 5.75 Å². The molecule has 0 saturated heterocycles. The molecule has 4 heteroatoms. The third-order valence-electron chi connectivity index (χ3n) is 2.57. The van der Waals surface area contributed by atoms with Gasteiger partial charge in [0.25, 0.3) is 0 Å². The van der Waals surface area contributed by atoms with Gasteiger partial charge in [-0.3, -0.25) is 5.43 Å². The lowest BCUT2D eigenvalue weighted by molar-refractivity contribution is 0.342. The summed E-state index contributed by atoms with van der Waals surface area (Å²) in [5.41, 5.74) is 6.74. The van der Waals surface area contributed by atoms with Gasteiger partial charge in [-0.15, -0.1) is 0 Å². The molecule has 1 heterocycles. The Hall–Kier alpha value is -1.55. The number of allylic oxidation sites excluding steroid dienone is 2. The second-order valence-corrected chi connectivity index (χ2v) is 4.78. The van der Waals surface area contributed by atoms with Crippen molar-refractivity contribution >= 4 is 21.6 Å². The second kappa shape index (κ2) is 5.87. The quantitative estimate of drug-likeness (QED) is 0.867. The van der Waals surface area contributed by atoms with Gasteiger partial charge >= 0.3 is 0 Å². The molecule has 0 aromatic heterocycles. The molecule has 0 bridgehead atoms. The number of aryl methyl sites for hydroxylation is 1. The first kappa shape index (κ1) is 12.9. The molecule has 1 aliphatic heterocycles. The van der Waals surface area contributed by atoms with Crippen molar-refractivity contribution in [3.63, 3.8) is 0 Å². The number of nitrogens with one attached hydrogen (secondary N) is 1. The Morgan fingerprint density at radius 3 is 2.83 bits per heavy atom. The van der Waals surface area contributed by atoms with Crippen LogP contribution in [0.4, 0.5) is 0 Å². The number of halogens is 1. The molecular formula is C14H15BrN2O. The Balaban J connectivity index is 2.19. The van der Waals surface area contributed by atoms with E-state index >= 15 is 0 Å². The lowest BCUT2D eigenvalue weighted by atomic mass is 10.1. The number of alkyl halides is 1. The van der Waals surface area contributed by atoms with Gasteiger partial charge in [0.15, 0.2) is 0 Å². The maximum Gasteiger partial charge on any atom is 0.122 e. The molecule has 0 unspecified atom stereocenters. The van der Waals surface area contributed by atoms with Gasteiger partial charge < -0.3 is 4.74 Å². The van der Waals surface area contributed by atoms with Crippen LogP contribution in [0.1, 0.15) is 11.1 Å². The molecular weight excluding hydrogens is 292 g/mol. The van der Waals surface area contributed by atoms with Gasteiger partial charge in [0, 0.05) is 16.6 Å². The average molecular weight is 307 g/mol. The normalized spacial score (nSPS) is 14.1. The smallest absolute Gasteiger partial charge is 0.122 e. The molecule has 0 amide bonds. The van der Waals surface area contributed by atoms with E-state index in [0.717, 1.165) is 33.6 Å². The predicted molar refractivity (Wildman–Crippen MR) is 78.4 cm³/mol. The zero-order chi connectivity index (χ0) is 13.0. The molecule has 0 saturated carbocycles. The lowest BCUT2D eigenvalue weighted by Crippen LogP contribution is -2.13. The van der Waals surface area contributed by atoms with E-state index in [4.69, 9.17) is 4.74 Å². The number of rotatable bonds is 4. The van der Waals surface area contributed by atoms with Crippen LogP contribution in [0.5, 0.6) is 5.75 Å². The van der Waals surface area contributed by atoms with Crippen LogP contribution in [0.25, 0.3) is 0 Å². The van der Waals surface area contributed by atoms with E-state index in [-0.39, 0.29) is 0 Å². The summed E-state index contributed by atoms with van der Waals surface area (Å²) in [5.74, 6) is 0.913. The number of hydrazone groups is 1. The van der Waals surface area contributed by atoms with Crippen molar-refractivity contribution in [1.82, 2.24) is 5.43 Å². The molecule has 0 spiro atoms. The van der Waals surface area contributed by atoms with Crippen molar-refractivity contribution in [1.29, 1.82) is 0 Å². The Morgan fingerprint density at radius 2 is 2.22 bits per heavy atom. The van der Waals surface area contributed by atoms with E-state index in [2.05, 4.69) is 39.1 Å². The number of hydrogen-bond donors (Lipinski definition) is 1. The highest BCUT2D eigenvalue weighted by atomic mass is 79.9. The number of nitrogens with zero attached hydrogens (tertiary/aromatic N) is 1. The molecule has 18 heavy (non-hydrogen) atoms. The maximum atomic E-state index is 5.61. The minimum absolute atomic E-state index is 0.669. The van der Waals surface area contributed by atoms with Gasteiger partial charge in [-0.2, -0.15) is 5.10 Å². The summed E-state index contributed by atoms with van der Waals surface area (Å²) in [7, 11) is 0. The summed E-state index contributed by atoms with van der Waals surface area (Å²) in [5, 5.41) is 5.07. The largest absolute Gasteiger partial charge is 0.492 e. The zero-order valence-corrected chi connectivity index (χ0v) is 11.8. The number of hydrogen-bond acceptors (Lipinski definition) is 3. The van der Waals surface area contributed by atoms with Crippen LogP contribution in [-0.4, -0.2) is 17.6 Å². The molecule has 1 aromatic rings. The van der Waals surface area contributed by atoms with Crippen LogP contribution in [0, 0.1) is 6.92 Å². The van der Waals surface area contributed by atoms with E-state index in [9.17, 15) is 0 Å². The number of benzene rings is 1. The maximum absolute atomic E-state index is 5.61. The van der Waals surface area contributed by atoms with Gasteiger partial charge in [-0.05, 0) is 42.8 Å². The van der Waals surface area contributed by atoms with E-state index < -0.39 is 0 Å². The standard InChI is InChI=1S/C14H15BrN2O/c1-10-9-12(4-6-14(10)18-8-7-15)13-5-3-11(2)16-17-13/h3-6,9,16H,2,7-8H2,1H3. The summed E-state index contributed by atoms with van der Waals surface area (Å²) in [6, 6.07) is 6.06. The minimum Gasteiger partial charge on any atom is -0.492 e. The first-order chi connectivity index (χ1) is 8.70. The Labute approximate surface area is 115 Å². The van der Waals surface area contributed by atoms with E-state index in [0.29, 0.717) is 6.61 Å². The Kier molecular flexibility index (Phi) is 4.20. The summed E-state index contributed by atoms with van der Waals surface area (Å²) in [6.45, 7) is 6.48. The van der Waals surface area contributed by atoms with Gasteiger partial charge in [0.1, 0.15) is 5.75 Å². The van der Waals surface area contributed by atoms with E-state index in [1.807, 2.05) is 31.2 Å². The highest BCUT2D eigenvalue weighted by molar-refractivity contribution is 9.09. The molecule has 94 valence electrons. The summed E-state index contributed by atoms with van der Waals surface area (Å²) >= 11 is 3.34. The minimum atomic E-state index is 0.669. The highest BCUT2D eigenvalue weighted by Gasteiger charge is 2.07. The SMILES string of the molecule is C=C1C=CC(c2ccc(OCCBr)c(C)c2)=NN1. The fraction of sp³-hybridized carbons (Fsp3) is 0.214. The van der Waals surface area contributed by atoms with Crippen LogP contribution >= 0.6 is 15.9 Å². The topological polar surface area (TPSA) is 33.6 Å². The zero-order valence-electron chi connectivity index (χ0n) is 10.2. The molecule has 0 atom stereocenters. The fourth-order valence-electron chi connectivity index (χ4n) is 1.67. The van der Waals surface area contributed by atoms with Crippen LogP contribution < -0.4 is 10.2 Å². The van der Waals surface area contributed by atoms with Gasteiger partial charge in [0.2, 0.25) is 0 Å². The predicted octanol–water partition coefficient (Wildman–Crippen LogP) is 3.15. The third kappa shape index (κ3) is 3.01. The lowest BCUT2D eigenvalue weighted by Gasteiger charge is -2.12. The molecule has 1 aliphatic rings. The second-order valence-electron chi connectivity index (χ2n) is 3.99. The molecule has 3 nitrogen and oxygen atoms in total. The Morgan fingerprint density at radius 1 is 1.39 bits per heavy atom. The third-order valence-corrected chi connectivity index (χ3v) is 2.89. The fourth-order valence-corrected chi connectivity index (χ4v) is 1.83. The monoisotopic (exact) mass is 306 g/mol. The molecule has 0 radical (unpaired) electrons. The summed E-state index contributed by atoms with van der Waals surface area (Å²) < 4.78 is 5.61. The first-order valence-electron chi connectivity index (χ1n) is 5.71. The highest BCUT2D eigenvalue weighted by Crippen LogP contribution is 2.20. The molecule has 0 aliphatic carbocycles. The van der Waals surface area contributed by atoms with Crippen molar-refractivity contribution < 1.29 is 4.74 Å². The first-order valence-corrected chi connectivity index (χ1v) is 6.83. The van der Waals surface area contributed by atoms with Gasteiger partial charge in [0.05, 0.1) is 12.3 Å². The molecule has 2 rings (SSSR count).